The SMILES string of the molecule is Cc1ccccc1CCC(=O)NCC(C(=O)O)c1ccccc1. The van der Waals surface area contributed by atoms with Gasteiger partial charge in [-0.05, 0) is 30.0 Å². The Bertz CT molecular complexity index is 667. The van der Waals surface area contributed by atoms with Gasteiger partial charge in [0.05, 0.1) is 5.92 Å². The largest absolute Gasteiger partial charge is 0.481 e. The van der Waals surface area contributed by atoms with Gasteiger partial charge in [0.15, 0.2) is 0 Å². The van der Waals surface area contributed by atoms with Gasteiger partial charge in [-0.25, -0.2) is 0 Å². The van der Waals surface area contributed by atoms with E-state index >= 15 is 0 Å². The fraction of sp³-hybridized carbons (Fsp3) is 0.263. The van der Waals surface area contributed by atoms with Gasteiger partial charge >= 0.3 is 5.97 Å². The van der Waals surface area contributed by atoms with E-state index in [1.165, 1.54) is 0 Å². The van der Waals surface area contributed by atoms with Gasteiger partial charge in [-0.15, -0.1) is 0 Å². The Morgan fingerprint density at radius 1 is 1.04 bits per heavy atom. The second kappa shape index (κ2) is 8.13. The van der Waals surface area contributed by atoms with E-state index in [0.29, 0.717) is 18.4 Å². The van der Waals surface area contributed by atoms with Gasteiger partial charge in [-0.3, -0.25) is 9.59 Å². The van der Waals surface area contributed by atoms with Crippen molar-refractivity contribution in [1.29, 1.82) is 0 Å². The minimum atomic E-state index is -0.935. The van der Waals surface area contributed by atoms with Gasteiger partial charge in [0.2, 0.25) is 5.91 Å². The van der Waals surface area contributed by atoms with E-state index in [1.807, 2.05) is 37.3 Å². The van der Waals surface area contributed by atoms with Crippen molar-refractivity contribution in [3.63, 3.8) is 0 Å². The molecule has 0 spiro atoms. The van der Waals surface area contributed by atoms with E-state index in [1.54, 1.807) is 24.3 Å². The molecule has 0 heterocycles. The quantitative estimate of drug-likeness (QED) is 0.826. The zero-order valence-electron chi connectivity index (χ0n) is 13.2. The molecule has 0 bridgehead atoms. The maximum atomic E-state index is 12.0. The lowest BCUT2D eigenvalue weighted by Gasteiger charge is -2.14. The number of aliphatic carboxylic acids is 1. The summed E-state index contributed by atoms with van der Waals surface area (Å²) in [6, 6.07) is 16.9. The summed E-state index contributed by atoms with van der Waals surface area (Å²) in [5.74, 6) is -1.79. The summed E-state index contributed by atoms with van der Waals surface area (Å²) >= 11 is 0. The number of nitrogens with one attached hydrogen (secondary N) is 1. The monoisotopic (exact) mass is 311 g/mol. The Hall–Kier alpha value is -2.62. The number of carboxylic acid groups (broad SMARTS) is 1. The lowest BCUT2D eigenvalue weighted by molar-refractivity contribution is -0.138. The fourth-order valence-corrected chi connectivity index (χ4v) is 2.48. The number of carbonyl (C=O) groups excluding carboxylic acids is 1. The molecule has 2 N–H and O–H groups in total. The molecule has 4 heteroatoms. The lowest BCUT2D eigenvalue weighted by atomic mass is 9.99. The molecule has 0 aliphatic heterocycles. The van der Waals surface area contributed by atoms with E-state index in [9.17, 15) is 14.7 Å². The van der Waals surface area contributed by atoms with Crippen molar-refractivity contribution in [2.75, 3.05) is 6.54 Å². The van der Waals surface area contributed by atoms with E-state index < -0.39 is 11.9 Å². The summed E-state index contributed by atoms with van der Waals surface area (Å²) in [7, 11) is 0. The fourth-order valence-electron chi connectivity index (χ4n) is 2.48. The van der Waals surface area contributed by atoms with Crippen LogP contribution in [0.5, 0.6) is 0 Å². The van der Waals surface area contributed by atoms with Gasteiger partial charge in [0.1, 0.15) is 0 Å². The number of rotatable bonds is 7. The van der Waals surface area contributed by atoms with Gasteiger partial charge in [0, 0.05) is 13.0 Å². The molecular weight excluding hydrogens is 290 g/mol. The molecule has 4 nitrogen and oxygen atoms in total. The first-order chi connectivity index (χ1) is 11.1. The van der Waals surface area contributed by atoms with Crippen LogP contribution in [0.1, 0.15) is 29.0 Å². The Labute approximate surface area is 136 Å². The highest BCUT2D eigenvalue weighted by atomic mass is 16.4. The van der Waals surface area contributed by atoms with Gasteiger partial charge < -0.3 is 10.4 Å². The summed E-state index contributed by atoms with van der Waals surface area (Å²) in [5.41, 5.74) is 2.99. The van der Waals surface area contributed by atoms with Crippen LogP contribution in [-0.4, -0.2) is 23.5 Å². The lowest BCUT2D eigenvalue weighted by Crippen LogP contribution is -2.31. The zero-order valence-corrected chi connectivity index (χ0v) is 13.2. The van der Waals surface area contributed by atoms with E-state index in [0.717, 1.165) is 11.1 Å². The normalized spacial score (nSPS) is 11.7. The van der Waals surface area contributed by atoms with Crippen LogP contribution in [0.4, 0.5) is 0 Å². The third kappa shape index (κ3) is 4.95. The van der Waals surface area contributed by atoms with Gasteiger partial charge in [-0.1, -0.05) is 54.6 Å². The molecule has 1 amide bonds. The van der Waals surface area contributed by atoms with Gasteiger partial charge in [0.25, 0.3) is 0 Å². The second-order valence-corrected chi connectivity index (χ2v) is 5.53. The van der Waals surface area contributed by atoms with Crippen LogP contribution in [0, 0.1) is 6.92 Å². The number of hydrogen-bond acceptors (Lipinski definition) is 2. The maximum absolute atomic E-state index is 12.0. The molecule has 0 aliphatic rings. The van der Waals surface area contributed by atoms with Crippen molar-refractivity contribution < 1.29 is 14.7 Å². The first-order valence-corrected chi connectivity index (χ1v) is 7.67. The molecule has 0 aliphatic carbocycles. The number of hydrogen-bond donors (Lipinski definition) is 2. The molecule has 0 saturated heterocycles. The molecule has 120 valence electrons. The van der Waals surface area contributed by atoms with Crippen molar-refractivity contribution in [2.45, 2.75) is 25.7 Å². The Morgan fingerprint density at radius 3 is 2.35 bits per heavy atom. The average Bonchev–Trinajstić information content (AvgIpc) is 2.55. The topological polar surface area (TPSA) is 66.4 Å². The van der Waals surface area contributed by atoms with E-state index in [-0.39, 0.29) is 12.5 Å². The summed E-state index contributed by atoms with van der Waals surface area (Å²) in [6.07, 6.45) is 1.01. The van der Waals surface area contributed by atoms with E-state index in [4.69, 9.17) is 0 Å². The summed E-state index contributed by atoms with van der Waals surface area (Å²) in [6.45, 7) is 2.12. The minimum Gasteiger partial charge on any atom is -0.481 e. The van der Waals surface area contributed by atoms with Crippen LogP contribution in [0.3, 0.4) is 0 Å². The van der Waals surface area contributed by atoms with Crippen LogP contribution < -0.4 is 5.32 Å². The van der Waals surface area contributed by atoms with Crippen LogP contribution in [0.15, 0.2) is 54.6 Å². The average molecular weight is 311 g/mol. The molecule has 2 aromatic carbocycles. The maximum Gasteiger partial charge on any atom is 0.312 e. The highest BCUT2D eigenvalue weighted by Gasteiger charge is 2.20. The van der Waals surface area contributed by atoms with Crippen molar-refractivity contribution in [3.8, 4) is 0 Å². The molecular formula is C19H21NO3. The smallest absolute Gasteiger partial charge is 0.312 e. The Balaban J connectivity index is 1.87. The van der Waals surface area contributed by atoms with Crippen LogP contribution >= 0.6 is 0 Å². The van der Waals surface area contributed by atoms with Crippen molar-refractivity contribution in [3.05, 3.63) is 71.3 Å². The summed E-state index contributed by atoms with van der Waals surface area (Å²) < 4.78 is 0. The van der Waals surface area contributed by atoms with Crippen LogP contribution in [0.2, 0.25) is 0 Å². The molecule has 1 unspecified atom stereocenters. The first-order valence-electron chi connectivity index (χ1n) is 7.67. The molecule has 0 aromatic heterocycles. The molecule has 0 radical (unpaired) electrons. The number of amides is 1. The van der Waals surface area contributed by atoms with Gasteiger partial charge in [-0.2, -0.15) is 0 Å². The molecule has 2 rings (SSSR count). The standard InChI is InChI=1S/C19H21NO3/c1-14-7-5-6-8-15(14)11-12-18(21)20-13-17(19(22)23)16-9-3-2-4-10-16/h2-10,17H,11-13H2,1H3,(H,20,21)(H,22,23). The zero-order chi connectivity index (χ0) is 16.7. The number of benzene rings is 2. The molecule has 2 aromatic rings. The van der Waals surface area contributed by atoms with Crippen molar-refractivity contribution >= 4 is 11.9 Å². The second-order valence-electron chi connectivity index (χ2n) is 5.53. The third-order valence-electron chi connectivity index (χ3n) is 3.89. The number of carboxylic acids is 1. The molecule has 0 saturated carbocycles. The molecule has 23 heavy (non-hydrogen) atoms. The predicted molar refractivity (Wildman–Crippen MR) is 89.3 cm³/mol. The number of aryl methyl sites for hydroxylation is 2. The number of carbonyl (C=O) groups is 2. The third-order valence-corrected chi connectivity index (χ3v) is 3.89. The Morgan fingerprint density at radius 2 is 1.70 bits per heavy atom. The highest BCUT2D eigenvalue weighted by molar-refractivity contribution is 5.80. The van der Waals surface area contributed by atoms with Crippen molar-refractivity contribution in [2.24, 2.45) is 0 Å². The highest BCUT2D eigenvalue weighted by Crippen LogP contribution is 2.15. The van der Waals surface area contributed by atoms with E-state index in [2.05, 4.69) is 5.32 Å². The Kier molecular flexibility index (Phi) is 5.92. The van der Waals surface area contributed by atoms with Crippen LogP contribution in [0.25, 0.3) is 0 Å². The molecule has 0 fully saturated rings. The summed E-state index contributed by atoms with van der Waals surface area (Å²) in [5, 5.41) is 12.1. The predicted octanol–water partition coefficient (Wildman–Crippen LogP) is 2.91. The minimum absolute atomic E-state index is 0.103. The van der Waals surface area contributed by atoms with Crippen molar-refractivity contribution in [1.82, 2.24) is 5.32 Å². The van der Waals surface area contributed by atoms with Crippen LogP contribution in [-0.2, 0) is 16.0 Å². The summed E-state index contributed by atoms with van der Waals surface area (Å²) in [4.78, 5) is 23.4. The first kappa shape index (κ1) is 16.7. The molecule has 1 atom stereocenters.